The third-order valence-electron chi connectivity index (χ3n) is 2.76. The Hall–Kier alpha value is -0.650. The molecule has 98 valence electrons. The summed E-state index contributed by atoms with van der Waals surface area (Å²) in [7, 11) is 0. The zero-order valence-corrected chi connectivity index (χ0v) is 13.3. The van der Waals surface area contributed by atoms with Crippen LogP contribution < -0.4 is 5.32 Å². The molecule has 0 saturated carbocycles. The number of halogens is 1. The van der Waals surface area contributed by atoms with E-state index in [2.05, 4.69) is 63.0 Å². The first-order valence-corrected chi connectivity index (χ1v) is 7.71. The fraction of sp³-hybridized carbons (Fsp3) is 0.462. The Bertz CT molecular complexity index is 516. The summed E-state index contributed by atoms with van der Waals surface area (Å²) >= 11 is 5.27. The van der Waals surface area contributed by atoms with Crippen LogP contribution in [-0.4, -0.2) is 15.6 Å². The third-order valence-corrected chi connectivity index (χ3v) is 4.45. The quantitative estimate of drug-likeness (QED) is 0.909. The minimum atomic E-state index is 0.490. The van der Waals surface area contributed by atoms with Crippen molar-refractivity contribution in [3.63, 3.8) is 0 Å². The zero-order chi connectivity index (χ0) is 13.1. The Balaban J connectivity index is 2.13. The van der Waals surface area contributed by atoms with Gasteiger partial charge in [0.1, 0.15) is 5.82 Å². The van der Waals surface area contributed by atoms with Gasteiger partial charge in [-0.1, -0.05) is 13.8 Å². The number of hydrogen-bond donors (Lipinski definition) is 1. The number of aryl methyl sites for hydroxylation is 1. The van der Waals surface area contributed by atoms with Crippen LogP contribution in [0.2, 0.25) is 0 Å². The molecule has 3 nitrogen and oxygen atoms in total. The molecule has 0 aliphatic rings. The molecule has 1 N–H and O–H groups in total. The van der Waals surface area contributed by atoms with Crippen LogP contribution in [0.15, 0.2) is 22.1 Å². The van der Waals surface area contributed by atoms with Crippen LogP contribution in [0.1, 0.15) is 30.2 Å². The van der Waals surface area contributed by atoms with Crippen LogP contribution in [0.4, 0.5) is 0 Å². The van der Waals surface area contributed by atoms with Crippen molar-refractivity contribution in [1.82, 2.24) is 14.9 Å². The first-order chi connectivity index (χ1) is 8.56. The molecule has 0 aromatic carbocycles. The number of aromatic nitrogens is 2. The smallest absolute Gasteiger partial charge is 0.106 e. The standard InChI is InChI=1S/C13H18BrN3S/c1-9(2)15-5-12-6-16-10(3)17(12)7-13-4-11(14)8-18-13/h4,6,8-9,15H,5,7H2,1-3H3. The zero-order valence-electron chi connectivity index (χ0n) is 10.9. The van der Waals surface area contributed by atoms with Crippen LogP contribution in [0.3, 0.4) is 0 Å². The summed E-state index contributed by atoms with van der Waals surface area (Å²) in [6.07, 6.45) is 1.97. The number of nitrogens with zero attached hydrogens (tertiary/aromatic N) is 2. The molecule has 0 bridgehead atoms. The van der Waals surface area contributed by atoms with Crippen molar-refractivity contribution in [1.29, 1.82) is 0 Å². The second-order valence-corrected chi connectivity index (χ2v) is 6.56. The number of nitrogens with one attached hydrogen (secondary N) is 1. The average Bonchev–Trinajstić information content (AvgIpc) is 2.85. The van der Waals surface area contributed by atoms with E-state index in [0.29, 0.717) is 6.04 Å². The highest BCUT2D eigenvalue weighted by Crippen LogP contribution is 2.21. The molecule has 0 radical (unpaired) electrons. The van der Waals surface area contributed by atoms with Crippen molar-refractivity contribution >= 4 is 27.3 Å². The van der Waals surface area contributed by atoms with E-state index in [0.717, 1.165) is 23.4 Å². The van der Waals surface area contributed by atoms with Crippen molar-refractivity contribution in [2.24, 2.45) is 0 Å². The third kappa shape index (κ3) is 3.43. The molecule has 0 aliphatic carbocycles. The predicted molar refractivity (Wildman–Crippen MR) is 80.1 cm³/mol. The van der Waals surface area contributed by atoms with Crippen LogP contribution in [0.25, 0.3) is 0 Å². The average molecular weight is 328 g/mol. The minimum absolute atomic E-state index is 0.490. The molecule has 0 fully saturated rings. The van der Waals surface area contributed by atoms with Crippen LogP contribution in [-0.2, 0) is 13.1 Å². The lowest BCUT2D eigenvalue weighted by molar-refractivity contribution is 0.562. The van der Waals surface area contributed by atoms with Gasteiger partial charge in [-0.25, -0.2) is 4.98 Å². The molecule has 2 aromatic heterocycles. The van der Waals surface area contributed by atoms with Crippen LogP contribution in [0, 0.1) is 6.92 Å². The highest BCUT2D eigenvalue weighted by Gasteiger charge is 2.08. The molecule has 0 amide bonds. The van der Waals surface area contributed by atoms with E-state index in [4.69, 9.17) is 0 Å². The van der Waals surface area contributed by atoms with E-state index in [1.54, 1.807) is 11.3 Å². The van der Waals surface area contributed by atoms with Crippen LogP contribution in [0.5, 0.6) is 0 Å². The van der Waals surface area contributed by atoms with Gasteiger partial charge in [0.2, 0.25) is 0 Å². The molecule has 0 spiro atoms. The van der Waals surface area contributed by atoms with E-state index in [1.165, 1.54) is 10.6 Å². The lowest BCUT2D eigenvalue weighted by atomic mass is 10.3. The Morgan fingerprint density at radius 1 is 1.50 bits per heavy atom. The van der Waals surface area contributed by atoms with Gasteiger partial charge in [-0.2, -0.15) is 0 Å². The molecule has 2 aromatic rings. The molecular formula is C13H18BrN3S. The molecule has 18 heavy (non-hydrogen) atoms. The van der Waals surface area contributed by atoms with E-state index in [-0.39, 0.29) is 0 Å². The Labute approximate surface area is 120 Å². The molecular weight excluding hydrogens is 310 g/mol. The van der Waals surface area contributed by atoms with Gasteiger partial charge in [0.25, 0.3) is 0 Å². The summed E-state index contributed by atoms with van der Waals surface area (Å²) in [5.74, 6) is 1.07. The highest BCUT2D eigenvalue weighted by molar-refractivity contribution is 9.10. The normalized spacial score (nSPS) is 11.4. The van der Waals surface area contributed by atoms with Gasteiger partial charge in [-0.3, -0.25) is 0 Å². The SMILES string of the molecule is Cc1ncc(CNC(C)C)n1Cc1cc(Br)cs1. The first-order valence-electron chi connectivity index (χ1n) is 6.03. The van der Waals surface area contributed by atoms with Gasteiger partial charge < -0.3 is 9.88 Å². The predicted octanol–water partition coefficient (Wildman–Crippen LogP) is 3.56. The summed E-state index contributed by atoms with van der Waals surface area (Å²) in [4.78, 5) is 5.75. The van der Waals surface area contributed by atoms with Gasteiger partial charge in [0, 0.05) is 33.5 Å². The number of rotatable bonds is 5. The summed E-state index contributed by atoms with van der Waals surface area (Å²) in [6, 6.07) is 2.66. The second-order valence-electron chi connectivity index (χ2n) is 4.65. The highest BCUT2D eigenvalue weighted by atomic mass is 79.9. The molecule has 2 rings (SSSR count). The van der Waals surface area contributed by atoms with E-state index in [1.807, 2.05) is 6.20 Å². The van der Waals surface area contributed by atoms with Crippen molar-refractivity contribution in [3.05, 3.63) is 38.5 Å². The summed E-state index contributed by atoms with van der Waals surface area (Å²) in [5, 5.41) is 5.56. The van der Waals surface area contributed by atoms with Crippen molar-refractivity contribution in [2.45, 2.75) is 39.9 Å². The van der Waals surface area contributed by atoms with Crippen molar-refractivity contribution in [3.8, 4) is 0 Å². The van der Waals surface area contributed by atoms with E-state index >= 15 is 0 Å². The van der Waals surface area contributed by atoms with E-state index < -0.39 is 0 Å². The van der Waals surface area contributed by atoms with Gasteiger partial charge in [-0.05, 0) is 28.9 Å². The second kappa shape index (κ2) is 5.99. The molecule has 0 unspecified atom stereocenters. The van der Waals surface area contributed by atoms with Gasteiger partial charge >= 0.3 is 0 Å². The van der Waals surface area contributed by atoms with Gasteiger partial charge in [0.15, 0.2) is 0 Å². The minimum Gasteiger partial charge on any atom is -0.326 e. The Morgan fingerprint density at radius 2 is 2.28 bits per heavy atom. The molecule has 0 saturated heterocycles. The first kappa shape index (κ1) is 13.8. The maximum atomic E-state index is 4.41. The monoisotopic (exact) mass is 327 g/mol. The lowest BCUT2D eigenvalue weighted by Crippen LogP contribution is -2.23. The largest absolute Gasteiger partial charge is 0.326 e. The molecule has 5 heteroatoms. The van der Waals surface area contributed by atoms with Crippen LogP contribution >= 0.6 is 27.3 Å². The topological polar surface area (TPSA) is 29.9 Å². The fourth-order valence-electron chi connectivity index (χ4n) is 1.77. The lowest BCUT2D eigenvalue weighted by Gasteiger charge is -2.11. The number of imidazole rings is 1. The maximum Gasteiger partial charge on any atom is 0.106 e. The summed E-state index contributed by atoms with van der Waals surface area (Å²) in [5.41, 5.74) is 1.24. The maximum absolute atomic E-state index is 4.41. The summed E-state index contributed by atoms with van der Waals surface area (Å²) < 4.78 is 3.43. The Morgan fingerprint density at radius 3 is 2.89 bits per heavy atom. The number of hydrogen-bond acceptors (Lipinski definition) is 3. The summed E-state index contributed by atoms with van der Waals surface area (Å²) in [6.45, 7) is 8.14. The molecule has 0 aliphatic heterocycles. The Kier molecular flexibility index (Phi) is 4.59. The molecule has 0 atom stereocenters. The van der Waals surface area contributed by atoms with E-state index in [9.17, 15) is 0 Å². The van der Waals surface area contributed by atoms with Crippen molar-refractivity contribution < 1.29 is 0 Å². The van der Waals surface area contributed by atoms with Gasteiger partial charge in [-0.15, -0.1) is 11.3 Å². The number of thiophene rings is 1. The fourth-order valence-corrected chi connectivity index (χ4v) is 3.21. The molecule has 2 heterocycles. The van der Waals surface area contributed by atoms with Gasteiger partial charge in [0.05, 0.1) is 12.2 Å². The van der Waals surface area contributed by atoms with Crippen molar-refractivity contribution in [2.75, 3.05) is 0 Å².